The molecule has 0 radical (unpaired) electrons. The van der Waals surface area contributed by atoms with E-state index in [9.17, 15) is 17.9 Å². The molecule has 5 rings (SSSR count). The molecule has 0 spiro atoms. The van der Waals surface area contributed by atoms with Gasteiger partial charge in [0.05, 0.1) is 30.9 Å². The van der Waals surface area contributed by atoms with Crippen LogP contribution in [0.4, 0.5) is 10.1 Å². The number of sulfonamides is 1. The minimum Gasteiger partial charge on any atom is -0.386 e. The van der Waals surface area contributed by atoms with Gasteiger partial charge in [-0.15, -0.1) is 11.3 Å². The Balaban J connectivity index is 1.44. The SMILES string of the molecule is CC(C)(O)c1ccc(N2CCN(S(=O)(=O)c3cccs3)C[C@@H]2CN2CCOC[C@@H]2c2ccc(F)cc2)cc1. The minimum absolute atomic E-state index is 0.0481. The lowest BCUT2D eigenvalue weighted by atomic mass is 9.98. The van der Waals surface area contributed by atoms with Crippen LogP contribution in [0.15, 0.2) is 70.3 Å². The zero-order chi connectivity index (χ0) is 26.9. The summed E-state index contributed by atoms with van der Waals surface area (Å²) in [6, 6.07) is 17.6. The average molecular weight is 560 g/mol. The van der Waals surface area contributed by atoms with Crippen molar-refractivity contribution in [1.82, 2.24) is 9.21 Å². The summed E-state index contributed by atoms with van der Waals surface area (Å²) in [5.41, 5.74) is 1.84. The second-order valence-electron chi connectivity index (χ2n) is 10.4. The number of aliphatic hydroxyl groups is 1. The highest BCUT2D eigenvalue weighted by Crippen LogP contribution is 2.31. The van der Waals surface area contributed by atoms with Gasteiger partial charge in [-0.1, -0.05) is 30.3 Å². The quantitative estimate of drug-likeness (QED) is 0.471. The Bertz CT molecular complexity index is 1310. The van der Waals surface area contributed by atoms with Gasteiger partial charge < -0.3 is 14.7 Å². The van der Waals surface area contributed by atoms with Gasteiger partial charge in [0.25, 0.3) is 10.0 Å². The fourth-order valence-electron chi connectivity index (χ4n) is 5.26. The molecule has 38 heavy (non-hydrogen) atoms. The first kappa shape index (κ1) is 27.2. The molecule has 2 aliphatic rings. The highest BCUT2D eigenvalue weighted by molar-refractivity contribution is 7.91. The average Bonchev–Trinajstić information content (AvgIpc) is 3.45. The zero-order valence-corrected chi connectivity index (χ0v) is 23.3. The summed E-state index contributed by atoms with van der Waals surface area (Å²) in [5.74, 6) is -0.278. The maximum Gasteiger partial charge on any atom is 0.252 e. The molecule has 7 nitrogen and oxygen atoms in total. The summed E-state index contributed by atoms with van der Waals surface area (Å²) < 4.78 is 48.2. The highest BCUT2D eigenvalue weighted by Gasteiger charge is 2.37. The molecule has 2 atom stereocenters. The lowest BCUT2D eigenvalue weighted by Crippen LogP contribution is -2.59. The number of hydrogen-bond donors (Lipinski definition) is 1. The molecule has 0 amide bonds. The van der Waals surface area contributed by atoms with E-state index in [0.717, 1.165) is 16.8 Å². The van der Waals surface area contributed by atoms with Crippen molar-refractivity contribution in [2.45, 2.75) is 35.7 Å². The van der Waals surface area contributed by atoms with Crippen molar-refractivity contribution in [3.05, 3.63) is 83.0 Å². The molecule has 0 unspecified atom stereocenters. The second kappa shape index (κ2) is 11.0. The van der Waals surface area contributed by atoms with Crippen molar-refractivity contribution < 1.29 is 22.7 Å². The number of halogens is 1. The Hall–Kier alpha value is -2.34. The van der Waals surface area contributed by atoms with Crippen molar-refractivity contribution in [3.8, 4) is 0 Å². The van der Waals surface area contributed by atoms with E-state index in [4.69, 9.17) is 4.74 Å². The third-order valence-electron chi connectivity index (χ3n) is 7.38. The van der Waals surface area contributed by atoms with E-state index in [1.807, 2.05) is 24.3 Å². The first-order valence-electron chi connectivity index (χ1n) is 12.8. The predicted octanol–water partition coefficient (Wildman–Crippen LogP) is 4.07. The number of anilines is 1. The maximum absolute atomic E-state index is 13.6. The molecule has 2 fully saturated rings. The van der Waals surface area contributed by atoms with Gasteiger partial charge in [-0.3, -0.25) is 4.90 Å². The molecule has 10 heteroatoms. The van der Waals surface area contributed by atoms with E-state index >= 15 is 0 Å². The smallest absolute Gasteiger partial charge is 0.252 e. The van der Waals surface area contributed by atoms with Crippen LogP contribution in [0.1, 0.15) is 31.0 Å². The molecule has 0 aliphatic carbocycles. The number of ether oxygens (including phenoxy) is 1. The van der Waals surface area contributed by atoms with Crippen LogP contribution in [0, 0.1) is 5.82 Å². The minimum atomic E-state index is -3.59. The highest BCUT2D eigenvalue weighted by atomic mass is 32.2. The van der Waals surface area contributed by atoms with Gasteiger partial charge in [0.15, 0.2) is 0 Å². The Labute approximate surface area is 228 Å². The Kier molecular flexibility index (Phi) is 7.91. The second-order valence-corrected chi connectivity index (χ2v) is 13.5. The van der Waals surface area contributed by atoms with Gasteiger partial charge in [0.2, 0.25) is 0 Å². The first-order chi connectivity index (χ1) is 18.1. The summed E-state index contributed by atoms with van der Waals surface area (Å²) in [6.07, 6.45) is 0. The van der Waals surface area contributed by atoms with Gasteiger partial charge in [-0.25, -0.2) is 12.8 Å². The van der Waals surface area contributed by atoms with Crippen LogP contribution < -0.4 is 4.90 Å². The predicted molar refractivity (Wildman–Crippen MR) is 147 cm³/mol. The van der Waals surface area contributed by atoms with Crippen LogP contribution in [0.3, 0.4) is 0 Å². The molecule has 3 aromatic rings. The largest absolute Gasteiger partial charge is 0.386 e. The van der Waals surface area contributed by atoms with Gasteiger partial charge in [0, 0.05) is 38.4 Å². The standard InChI is InChI=1S/C28H34FN3O4S2/c1-28(2,33)22-7-11-24(12-8-22)32-14-13-31(38(34,35)27-4-3-17-37-27)19-25(32)18-30-15-16-36-20-26(30)21-5-9-23(29)10-6-21/h3-12,17,25-26,33H,13-16,18-20H2,1-2H3/t25-,26+/m0/s1. The van der Waals surface area contributed by atoms with E-state index in [2.05, 4.69) is 9.80 Å². The number of hydrogen-bond acceptors (Lipinski definition) is 7. The number of thiophene rings is 1. The fraction of sp³-hybridized carbons (Fsp3) is 0.429. The van der Waals surface area contributed by atoms with Gasteiger partial charge >= 0.3 is 0 Å². The van der Waals surface area contributed by atoms with E-state index in [1.54, 1.807) is 47.8 Å². The van der Waals surface area contributed by atoms with Gasteiger partial charge in [-0.05, 0) is 60.7 Å². The number of rotatable bonds is 7. The molecule has 0 bridgehead atoms. The van der Waals surface area contributed by atoms with Crippen LogP contribution in [0.5, 0.6) is 0 Å². The fourth-order valence-corrected chi connectivity index (χ4v) is 7.87. The molecule has 1 N–H and O–H groups in total. The first-order valence-corrected chi connectivity index (χ1v) is 15.2. The summed E-state index contributed by atoms with van der Waals surface area (Å²) in [5, 5.41) is 12.2. The van der Waals surface area contributed by atoms with Crippen molar-refractivity contribution in [1.29, 1.82) is 0 Å². The molecule has 204 valence electrons. The van der Waals surface area contributed by atoms with Crippen LogP contribution >= 0.6 is 11.3 Å². The molecule has 3 heterocycles. The Morgan fingerprint density at radius 2 is 1.79 bits per heavy atom. The Morgan fingerprint density at radius 1 is 1.05 bits per heavy atom. The van der Waals surface area contributed by atoms with Crippen LogP contribution in [0.25, 0.3) is 0 Å². The number of nitrogens with zero attached hydrogens (tertiary/aromatic N) is 3. The number of morpholine rings is 1. The summed E-state index contributed by atoms with van der Waals surface area (Å²) in [4.78, 5) is 4.59. The van der Waals surface area contributed by atoms with Crippen LogP contribution in [-0.2, 0) is 20.4 Å². The van der Waals surface area contributed by atoms with E-state index in [-0.39, 0.29) is 17.9 Å². The number of piperazine rings is 1. The monoisotopic (exact) mass is 559 g/mol. The molecule has 2 aliphatic heterocycles. The lowest BCUT2D eigenvalue weighted by Gasteiger charge is -2.46. The van der Waals surface area contributed by atoms with E-state index in [0.29, 0.717) is 50.1 Å². The van der Waals surface area contributed by atoms with Gasteiger partial charge in [-0.2, -0.15) is 4.31 Å². The third-order valence-corrected chi connectivity index (χ3v) is 10.6. The third kappa shape index (κ3) is 5.80. The topological polar surface area (TPSA) is 73.3 Å². The molecule has 1 aromatic heterocycles. The van der Waals surface area contributed by atoms with Crippen molar-refractivity contribution in [3.63, 3.8) is 0 Å². The zero-order valence-electron chi connectivity index (χ0n) is 21.7. The lowest BCUT2D eigenvalue weighted by molar-refractivity contribution is -0.0126. The van der Waals surface area contributed by atoms with E-state index < -0.39 is 15.6 Å². The van der Waals surface area contributed by atoms with E-state index in [1.165, 1.54) is 23.5 Å². The normalized spacial score (nSPS) is 22.1. The van der Waals surface area contributed by atoms with Crippen LogP contribution in [0.2, 0.25) is 0 Å². The molecular formula is C28H34FN3O4S2. The van der Waals surface area contributed by atoms with Gasteiger partial charge in [0.1, 0.15) is 10.0 Å². The van der Waals surface area contributed by atoms with Crippen molar-refractivity contribution >= 4 is 27.0 Å². The molecule has 2 aromatic carbocycles. The molecular weight excluding hydrogens is 525 g/mol. The van der Waals surface area contributed by atoms with Crippen LogP contribution in [-0.4, -0.2) is 74.7 Å². The summed E-state index contributed by atoms with van der Waals surface area (Å²) in [7, 11) is -3.59. The molecule has 0 saturated carbocycles. The van der Waals surface area contributed by atoms with Crippen molar-refractivity contribution in [2.24, 2.45) is 0 Å². The summed E-state index contributed by atoms with van der Waals surface area (Å²) >= 11 is 1.24. The van der Waals surface area contributed by atoms with Crippen molar-refractivity contribution in [2.75, 3.05) is 50.8 Å². The summed E-state index contributed by atoms with van der Waals surface area (Å²) in [6.45, 7) is 7.19. The maximum atomic E-state index is 13.6. The number of benzene rings is 2. The Morgan fingerprint density at radius 3 is 2.45 bits per heavy atom. The molecule has 2 saturated heterocycles.